The van der Waals surface area contributed by atoms with Crippen LogP contribution >= 0.6 is 0 Å². The second-order valence-corrected chi connectivity index (χ2v) is 6.56. The number of carbonyl (C=O) groups excluding carboxylic acids is 1. The molecule has 6 heteroatoms. The highest BCUT2D eigenvalue weighted by molar-refractivity contribution is 5.77. The molecule has 0 aromatic rings. The summed E-state index contributed by atoms with van der Waals surface area (Å²) in [5, 5.41) is 12.2. The quantitative estimate of drug-likeness (QED) is 0.801. The van der Waals surface area contributed by atoms with Gasteiger partial charge < -0.3 is 15.3 Å². The minimum Gasteiger partial charge on any atom is -0.481 e. The maximum atomic E-state index is 12.4. The van der Waals surface area contributed by atoms with Crippen LogP contribution in [0.4, 0.5) is 4.79 Å². The van der Waals surface area contributed by atoms with Gasteiger partial charge in [0, 0.05) is 31.7 Å². The normalized spacial score (nSPS) is 33.5. The van der Waals surface area contributed by atoms with Crippen molar-refractivity contribution in [1.29, 1.82) is 0 Å². The first-order valence-electron chi connectivity index (χ1n) is 8.17. The van der Waals surface area contributed by atoms with E-state index in [2.05, 4.69) is 10.2 Å². The van der Waals surface area contributed by atoms with Crippen molar-refractivity contribution in [2.24, 2.45) is 5.92 Å². The van der Waals surface area contributed by atoms with Crippen molar-refractivity contribution in [1.82, 2.24) is 15.1 Å². The summed E-state index contributed by atoms with van der Waals surface area (Å²) in [5.74, 6) is -1.19. The molecule has 2 amide bonds. The van der Waals surface area contributed by atoms with Crippen LogP contribution < -0.4 is 5.32 Å². The molecule has 21 heavy (non-hydrogen) atoms. The minimum atomic E-state index is -0.783. The molecule has 0 bridgehead atoms. The predicted molar refractivity (Wildman–Crippen MR) is 78.1 cm³/mol. The Morgan fingerprint density at radius 2 is 1.86 bits per heavy atom. The van der Waals surface area contributed by atoms with Crippen LogP contribution in [0.5, 0.6) is 0 Å². The van der Waals surface area contributed by atoms with Crippen LogP contribution in [0.3, 0.4) is 0 Å². The number of fused-ring (bicyclic) bond motifs is 1. The molecule has 1 saturated carbocycles. The maximum Gasteiger partial charge on any atom is 0.317 e. The Balaban J connectivity index is 1.54. The molecule has 0 spiro atoms. The van der Waals surface area contributed by atoms with Crippen LogP contribution in [-0.2, 0) is 4.79 Å². The number of carboxylic acids is 1. The van der Waals surface area contributed by atoms with Crippen LogP contribution in [0.2, 0.25) is 0 Å². The van der Waals surface area contributed by atoms with E-state index in [9.17, 15) is 14.7 Å². The van der Waals surface area contributed by atoms with E-state index >= 15 is 0 Å². The summed E-state index contributed by atoms with van der Waals surface area (Å²) in [5.41, 5.74) is 0. The molecule has 0 aromatic heterocycles. The molecule has 3 fully saturated rings. The van der Waals surface area contributed by atoms with E-state index in [1.807, 2.05) is 4.90 Å². The number of nitrogens with one attached hydrogen (secondary N) is 1. The van der Waals surface area contributed by atoms with E-state index in [0.717, 1.165) is 39.0 Å². The Morgan fingerprint density at radius 1 is 1.00 bits per heavy atom. The standard InChI is InChI=1S/C15H25N3O3/c19-14(20)12-5-3-6-13(12)16-15(21)18-9-8-17-7-2-1-4-11(17)10-18/h11-13H,1-10H2,(H,16,21)(H,19,20). The fraction of sp³-hybridized carbons (Fsp3) is 0.867. The van der Waals surface area contributed by atoms with E-state index in [1.165, 1.54) is 19.3 Å². The summed E-state index contributed by atoms with van der Waals surface area (Å²) in [6.07, 6.45) is 6.04. The zero-order valence-electron chi connectivity index (χ0n) is 12.5. The maximum absolute atomic E-state index is 12.4. The van der Waals surface area contributed by atoms with Crippen molar-refractivity contribution in [2.45, 2.75) is 50.6 Å². The van der Waals surface area contributed by atoms with Crippen molar-refractivity contribution >= 4 is 12.0 Å². The lowest BCUT2D eigenvalue weighted by Crippen LogP contribution is -2.59. The zero-order chi connectivity index (χ0) is 14.8. The summed E-state index contributed by atoms with van der Waals surface area (Å²) in [7, 11) is 0. The molecule has 3 rings (SSSR count). The number of rotatable bonds is 2. The van der Waals surface area contributed by atoms with Gasteiger partial charge in [-0.25, -0.2) is 4.79 Å². The average Bonchev–Trinajstić information content (AvgIpc) is 2.95. The first-order chi connectivity index (χ1) is 10.1. The smallest absolute Gasteiger partial charge is 0.317 e. The molecule has 2 N–H and O–H groups in total. The molecule has 2 saturated heterocycles. The molecule has 1 aliphatic carbocycles. The molecule has 6 nitrogen and oxygen atoms in total. The number of nitrogens with zero attached hydrogens (tertiary/aromatic N) is 2. The van der Waals surface area contributed by atoms with Gasteiger partial charge in [0.05, 0.1) is 5.92 Å². The molecular weight excluding hydrogens is 270 g/mol. The van der Waals surface area contributed by atoms with E-state index in [4.69, 9.17) is 0 Å². The van der Waals surface area contributed by atoms with Gasteiger partial charge in [-0.05, 0) is 32.2 Å². The van der Waals surface area contributed by atoms with Gasteiger partial charge in [-0.15, -0.1) is 0 Å². The molecule has 0 radical (unpaired) electrons. The Kier molecular flexibility index (Phi) is 4.33. The number of carboxylic acid groups (broad SMARTS) is 1. The molecule has 0 aromatic carbocycles. The Hall–Kier alpha value is -1.30. The van der Waals surface area contributed by atoms with Crippen molar-refractivity contribution in [3.8, 4) is 0 Å². The van der Waals surface area contributed by atoms with E-state index in [1.54, 1.807) is 0 Å². The van der Waals surface area contributed by atoms with Crippen molar-refractivity contribution in [3.63, 3.8) is 0 Å². The summed E-state index contributed by atoms with van der Waals surface area (Å²) in [4.78, 5) is 28.0. The van der Waals surface area contributed by atoms with Crippen LogP contribution in [0.15, 0.2) is 0 Å². The summed E-state index contributed by atoms with van der Waals surface area (Å²) >= 11 is 0. The molecular formula is C15H25N3O3. The highest BCUT2D eigenvalue weighted by atomic mass is 16.4. The molecule has 2 aliphatic heterocycles. The monoisotopic (exact) mass is 295 g/mol. The average molecular weight is 295 g/mol. The third-order valence-electron chi connectivity index (χ3n) is 5.27. The first-order valence-corrected chi connectivity index (χ1v) is 8.17. The number of urea groups is 1. The minimum absolute atomic E-state index is 0.0710. The van der Waals surface area contributed by atoms with Crippen molar-refractivity contribution in [2.75, 3.05) is 26.2 Å². The van der Waals surface area contributed by atoms with Gasteiger partial charge in [0.25, 0.3) is 0 Å². The van der Waals surface area contributed by atoms with Gasteiger partial charge in [-0.3, -0.25) is 9.69 Å². The third kappa shape index (κ3) is 3.15. The lowest BCUT2D eigenvalue weighted by Gasteiger charge is -2.44. The van der Waals surface area contributed by atoms with E-state index < -0.39 is 11.9 Å². The number of amides is 2. The van der Waals surface area contributed by atoms with Gasteiger partial charge in [0.15, 0.2) is 0 Å². The van der Waals surface area contributed by atoms with Gasteiger partial charge in [0.1, 0.15) is 0 Å². The number of carbonyl (C=O) groups is 2. The highest BCUT2D eigenvalue weighted by Crippen LogP contribution is 2.26. The number of piperidine rings is 1. The fourth-order valence-corrected chi connectivity index (χ4v) is 4.02. The van der Waals surface area contributed by atoms with Crippen molar-refractivity contribution in [3.05, 3.63) is 0 Å². The molecule has 2 heterocycles. The lowest BCUT2D eigenvalue weighted by atomic mass is 9.99. The summed E-state index contributed by atoms with van der Waals surface area (Å²) in [6.45, 7) is 3.65. The zero-order valence-corrected chi connectivity index (χ0v) is 12.5. The Bertz CT molecular complexity index is 415. The van der Waals surface area contributed by atoms with Gasteiger partial charge in [-0.2, -0.15) is 0 Å². The predicted octanol–water partition coefficient (Wildman–Crippen LogP) is 1.12. The number of hydrogen-bond donors (Lipinski definition) is 2. The van der Waals surface area contributed by atoms with Crippen LogP contribution in [0, 0.1) is 5.92 Å². The van der Waals surface area contributed by atoms with Gasteiger partial charge >= 0.3 is 12.0 Å². The van der Waals surface area contributed by atoms with Crippen LogP contribution in [-0.4, -0.2) is 65.2 Å². The van der Waals surface area contributed by atoms with E-state index in [-0.39, 0.29) is 12.1 Å². The SMILES string of the molecule is O=C(O)C1CCCC1NC(=O)N1CCN2CCCCC2C1. The molecule has 3 unspecified atom stereocenters. The first kappa shape index (κ1) is 14.6. The van der Waals surface area contributed by atoms with Crippen LogP contribution in [0.25, 0.3) is 0 Å². The topological polar surface area (TPSA) is 72.9 Å². The second kappa shape index (κ2) is 6.22. The Labute approximate surface area is 125 Å². The number of aliphatic carboxylic acids is 1. The molecule has 3 atom stereocenters. The number of hydrogen-bond acceptors (Lipinski definition) is 3. The highest BCUT2D eigenvalue weighted by Gasteiger charge is 2.36. The molecule has 3 aliphatic rings. The summed E-state index contributed by atoms with van der Waals surface area (Å²) in [6, 6.07) is 0.231. The van der Waals surface area contributed by atoms with Crippen molar-refractivity contribution < 1.29 is 14.7 Å². The van der Waals surface area contributed by atoms with Crippen LogP contribution in [0.1, 0.15) is 38.5 Å². The number of piperazine rings is 1. The summed E-state index contributed by atoms with van der Waals surface area (Å²) < 4.78 is 0. The third-order valence-corrected chi connectivity index (χ3v) is 5.27. The Morgan fingerprint density at radius 3 is 2.67 bits per heavy atom. The fourth-order valence-electron chi connectivity index (χ4n) is 4.02. The van der Waals surface area contributed by atoms with Gasteiger partial charge in [0.2, 0.25) is 0 Å². The molecule has 118 valence electrons. The largest absolute Gasteiger partial charge is 0.481 e. The second-order valence-electron chi connectivity index (χ2n) is 6.56. The van der Waals surface area contributed by atoms with Gasteiger partial charge in [-0.1, -0.05) is 12.8 Å². The van der Waals surface area contributed by atoms with E-state index in [0.29, 0.717) is 12.5 Å². The lowest BCUT2D eigenvalue weighted by molar-refractivity contribution is -0.142.